The van der Waals surface area contributed by atoms with Crippen molar-refractivity contribution in [1.82, 2.24) is 0 Å². The number of nitrogens with zero attached hydrogens (tertiary/aromatic N) is 3. The standard InChI is InChI=1S/C9H11N3O4S/c1-16-9(15)7-2-5(4-17-7)8(14)6(13)3-11-12-10/h2,4,6,8,13-14H,3H2,1H3. The predicted molar refractivity (Wildman–Crippen MR) is 60.6 cm³/mol. The first-order valence-electron chi connectivity index (χ1n) is 4.64. The van der Waals surface area contributed by atoms with Gasteiger partial charge in [0.05, 0.1) is 19.8 Å². The van der Waals surface area contributed by atoms with Crippen molar-refractivity contribution in [2.45, 2.75) is 12.2 Å². The summed E-state index contributed by atoms with van der Waals surface area (Å²) in [6.07, 6.45) is -2.40. The molecule has 0 saturated heterocycles. The molecule has 7 nitrogen and oxygen atoms in total. The zero-order chi connectivity index (χ0) is 12.8. The van der Waals surface area contributed by atoms with E-state index in [1.165, 1.54) is 18.6 Å². The van der Waals surface area contributed by atoms with Crippen molar-refractivity contribution in [3.8, 4) is 0 Å². The van der Waals surface area contributed by atoms with E-state index in [9.17, 15) is 15.0 Å². The summed E-state index contributed by atoms with van der Waals surface area (Å²) in [5.41, 5.74) is 8.47. The Morgan fingerprint density at radius 1 is 1.71 bits per heavy atom. The fourth-order valence-corrected chi connectivity index (χ4v) is 2.01. The Labute approximate surface area is 101 Å². The average Bonchev–Trinajstić information content (AvgIpc) is 2.83. The first-order chi connectivity index (χ1) is 8.10. The molecule has 92 valence electrons. The highest BCUT2D eigenvalue weighted by atomic mass is 32.1. The zero-order valence-corrected chi connectivity index (χ0v) is 9.79. The third kappa shape index (κ3) is 3.43. The third-order valence-electron chi connectivity index (χ3n) is 2.04. The van der Waals surface area contributed by atoms with Crippen LogP contribution in [-0.2, 0) is 4.74 Å². The largest absolute Gasteiger partial charge is 0.465 e. The number of carbonyl (C=O) groups is 1. The van der Waals surface area contributed by atoms with Crippen molar-refractivity contribution in [2.24, 2.45) is 5.11 Å². The van der Waals surface area contributed by atoms with E-state index >= 15 is 0 Å². The Bertz CT molecular complexity index is 441. The van der Waals surface area contributed by atoms with Crippen LogP contribution < -0.4 is 0 Å². The molecule has 1 aromatic rings. The molecule has 2 N–H and O–H groups in total. The summed E-state index contributed by atoms with van der Waals surface area (Å²) in [4.78, 5) is 14.0. The van der Waals surface area contributed by atoms with Gasteiger partial charge in [-0.05, 0) is 22.5 Å². The Balaban J connectivity index is 2.75. The fraction of sp³-hybridized carbons (Fsp3) is 0.444. The lowest BCUT2D eigenvalue weighted by atomic mass is 10.1. The number of aliphatic hydroxyl groups excluding tert-OH is 2. The summed E-state index contributed by atoms with van der Waals surface area (Å²) in [7, 11) is 1.26. The average molecular weight is 257 g/mol. The molecule has 2 atom stereocenters. The van der Waals surface area contributed by atoms with E-state index in [0.717, 1.165) is 11.3 Å². The molecule has 0 aromatic carbocycles. The molecule has 17 heavy (non-hydrogen) atoms. The number of aliphatic hydroxyl groups is 2. The summed E-state index contributed by atoms with van der Waals surface area (Å²) < 4.78 is 4.52. The van der Waals surface area contributed by atoms with Crippen LogP contribution in [0.4, 0.5) is 0 Å². The second-order valence-electron chi connectivity index (χ2n) is 3.16. The van der Waals surface area contributed by atoms with Crippen LogP contribution in [0.25, 0.3) is 10.4 Å². The highest BCUT2D eigenvalue weighted by Crippen LogP contribution is 2.24. The monoisotopic (exact) mass is 257 g/mol. The maximum absolute atomic E-state index is 11.2. The van der Waals surface area contributed by atoms with Crippen LogP contribution in [0, 0.1) is 0 Å². The van der Waals surface area contributed by atoms with Crippen LogP contribution in [-0.4, -0.2) is 35.9 Å². The first-order valence-corrected chi connectivity index (χ1v) is 5.51. The lowest BCUT2D eigenvalue weighted by Crippen LogP contribution is -2.20. The number of thiophene rings is 1. The SMILES string of the molecule is COC(=O)c1cc(C(O)C(O)CN=[N+]=[N-])cs1. The molecule has 0 aliphatic rings. The molecule has 0 spiro atoms. The van der Waals surface area contributed by atoms with Gasteiger partial charge in [-0.3, -0.25) is 0 Å². The second kappa shape index (κ2) is 6.21. The van der Waals surface area contributed by atoms with Gasteiger partial charge in [0.15, 0.2) is 0 Å². The highest BCUT2D eigenvalue weighted by Gasteiger charge is 2.20. The van der Waals surface area contributed by atoms with Gasteiger partial charge in [-0.1, -0.05) is 5.11 Å². The van der Waals surface area contributed by atoms with E-state index in [2.05, 4.69) is 14.8 Å². The van der Waals surface area contributed by atoms with E-state index < -0.39 is 18.2 Å². The van der Waals surface area contributed by atoms with Crippen LogP contribution in [0.2, 0.25) is 0 Å². The Hall–Kier alpha value is -1.60. The molecule has 0 aliphatic heterocycles. The number of hydrogen-bond donors (Lipinski definition) is 2. The smallest absolute Gasteiger partial charge is 0.348 e. The molecule has 2 unspecified atom stereocenters. The molecule has 1 rings (SSSR count). The Morgan fingerprint density at radius 3 is 3.00 bits per heavy atom. The van der Waals surface area contributed by atoms with Gasteiger partial charge in [0.25, 0.3) is 0 Å². The third-order valence-corrected chi connectivity index (χ3v) is 2.97. The van der Waals surface area contributed by atoms with Gasteiger partial charge in [0, 0.05) is 4.91 Å². The summed E-state index contributed by atoms with van der Waals surface area (Å²) in [6, 6.07) is 1.43. The number of azide groups is 1. The number of esters is 1. The maximum Gasteiger partial charge on any atom is 0.348 e. The van der Waals surface area contributed by atoms with Crippen molar-refractivity contribution >= 4 is 17.3 Å². The first kappa shape index (κ1) is 13.5. The molecule has 1 aromatic heterocycles. The van der Waals surface area contributed by atoms with Gasteiger partial charge < -0.3 is 14.9 Å². The number of methoxy groups -OCH3 is 1. The highest BCUT2D eigenvalue weighted by molar-refractivity contribution is 7.12. The lowest BCUT2D eigenvalue weighted by molar-refractivity contribution is 0.0246. The number of hydrogen-bond acceptors (Lipinski definition) is 6. The van der Waals surface area contributed by atoms with Crippen LogP contribution in [0.3, 0.4) is 0 Å². The van der Waals surface area contributed by atoms with Crippen molar-refractivity contribution < 1.29 is 19.7 Å². The van der Waals surface area contributed by atoms with Crippen molar-refractivity contribution in [1.29, 1.82) is 0 Å². The summed E-state index contributed by atoms with van der Waals surface area (Å²) >= 11 is 1.10. The molecule has 0 aliphatic carbocycles. The number of carbonyl (C=O) groups excluding carboxylic acids is 1. The van der Waals surface area contributed by atoms with E-state index in [-0.39, 0.29) is 6.54 Å². The second-order valence-corrected chi connectivity index (χ2v) is 4.07. The minimum atomic E-state index is -1.20. The lowest BCUT2D eigenvalue weighted by Gasteiger charge is -2.14. The quantitative estimate of drug-likeness (QED) is 0.357. The van der Waals surface area contributed by atoms with Gasteiger partial charge >= 0.3 is 5.97 Å². The minimum Gasteiger partial charge on any atom is -0.465 e. The Morgan fingerprint density at radius 2 is 2.41 bits per heavy atom. The predicted octanol–water partition coefficient (Wildman–Crippen LogP) is 1.24. The van der Waals surface area contributed by atoms with Crippen LogP contribution in [0.5, 0.6) is 0 Å². The van der Waals surface area contributed by atoms with Gasteiger partial charge in [0.1, 0.15) is 11.0 Å². The van der Waals surface area contributed by atoms with Crippen molar-refractivity contribution in [3.63, 3.8) is 0 Å². The number of rotatable bonds is 5. The topological polar surface area (TPSA) is 116 Å². The fourth-order valence-electron chi connectivity index (χ4n) is 1.16. The molecule has 0 bridgehead atoms. The number of ether oxygens (including phenoxy) is 1. The molecule has 0 amide bonds. The maximum atomic E-state index is 11.2. The van der Waals surface area contributed by atoms with Crippen molar-refractivity contribution in [3.05, 3.63) is 32.3 Å². The van der Waals surface area contributed by atoms with Gasteiger partial charge in [0.2, 0.25) is 0 Å². The summed E-state index contributed by atoms with van der Waals surface area (Å²) in [5.74, 6) is -0.502. The molecule has 0 fully saturated rings. The molecular weight excluding hydrogens is 246 g/mol. The Kier molecular flexibility index (Phi) is 4.92. The van der Waals surface area contributed by atoms with Gasteiger partial charge in [-0.15, -0.1) is 11.3 Å². The minimum absolute atomic E-state index is 0.235. The summed E-state index contributed by atoms with van der Waals surface area (Å²) in [5, 5.41) is 23.9. The molecule has 0 radical (unpaired) electrons. The van der Waals surface area contributed by atoms with Gasteiger partial charge in [-0.2, -0.15) is 0 Å². The molecule has 0 saturated carbocycles. The van der Waals surface area contributed by atoms with Crippen LogP contribution in [0.1, 0.15) is 21.3 Å². The van der Waals surface area contributed by atoms with E-state index in [4.69, 9.17) is 5.53 Å². The van der Waals surface area contributed by atoms with E-state index in [1.54, 1.807) is 0 Å². The van der Waals surface area contributed by atoms with Gasteiger partial charge in [-0.25, -0.2) is 4.79 Å². The van der Waals surface area contributed by atoms with Crippen molar-refractivity contribution in [2.75, 3.05) is 13.7 Å². The van der Waals surface area contributed by atoms with Crippen LogP contribution in [0.15, 0.2) is 16.6 Å². The molecule has 1 heterocycles. The molecule has 8 heteroatoms. The van der Waals surface area contributed by atoms with E-state index in [0.29, 0.717) is 10.4 Å². The summed E-state index contributed by atoms with van der Waals surface area (Å²) in [6.45, 7) is -0.235. The normalized spacial score (nSPS) is 13.6. The molecular formula is C9H11N3O4S. The van der Waals surface area contributed by atoms with E-state index in [1.807, 2.05) is 0 Å². The van der Waals surface area contributed by atoms with Crippen LogP contribution >= 0.6 is 11.3 Å². The zero-order valence-electron chi connectivity index (χ0n) is 8.98.